The van der Waals surface area contributed by atoms with Gasteiger partial charge in [-0.05, 0) is 51.9 Å². The SMILES string of the molecule is CCC1CCC(C)[NH+](CC(=O)C2CCC(Br)CC2)C1. The van der Waals surface area contributed by atoms with Gasteiger partial charge in [0, 0.05) is 16.7 Å². The molecule has 1 N–H and O–H groups in total. The van der Waals surface area contributed by atoms with Crippen molar-refractivity contribution in [2.75, 3.05) is 13.1 Å². The van der Waals surface area contributed by atoms with Crippen LogP contribution in [0.25, 0.3) is 0 Å². The van der Waals surface area contributed by atoms with Crippen LogP contribution in [0.3, 0.4) is 0 Å². The minimum absolute atomic E-state index is 0.357. The third-order valence-corrected chi connectivity index (χ3v) is 6.26. The number of rotatable bonds is 4. The fourth-order valence-corrected chi connectivity index (χ4v) is 4.23. The summed E-state index contributed by atoms with van der Waals surface area (Å²) in [6.45, 7) is 6.62. The second-order valence-corrected chi connectivity index (χ2v) is 8.00. The summed E-state index contributed by atoms with van der Waals surface area (Å²) in [5, 5.41) is 0. The predicted octanol–water partition coefficient (Wildman–Crippen LogP) is 2.60. The third-order valence-electron chi connectivity index (χ3n) is 5.35. The van der Waals surface area contributed by atoms with Gasteiger partial charge in [-0.15, -0.1) is 0 Å². The van der Waals surface area contributed by atoms with Crippen LogP contribution in [0.1, 0.15) is 58.8 Å². The normalized spacial score (nSPS) is 40.1. The number of ketones is 1. The zero-order valence-corrected chi connectivity index (χ0v) is 14.0. The van der Waals surface area contributed by atoms with Crippen LogP contribution in [0.15, 0.2) is 0 Å². The molecule has 3 unspecified atom stereocenters. The number of quaternary nitrogens is 1. The van der Waals surface area contributed by atoms with E-state index in [4.69, 9.17) is 0 Å². The lowest BCUT2D eigenvalue weighted by Gasteiger charge is -2.35. The molecule has 0 aromatic rings. The Morgan fingerprint density at radius 3 is 2.47 bits per heavy atom. The summed E-state index contributed by atoms with van der Waals surface area (Å²) in [5.74, 6) is 1.74. The van der Waals surface area contributed by atoms with Gasteiger partial charge in [0.1, 0.15) is 6.54 Å². The number of hydrogen-bond acceptors (Lipinski definition) is 1. The molecule has 0 spiro atoms. The number of Topliss-reactive ketones (excluding diaryl/α,β-unsaturated/α-hetero) is 1. The molecule has 3 atom stereocenters. The number of carbonyl (C=O) groups excluding carboxylic acids is 1. The van der Waals surface area contributed by atoms with Gasteiger partial charge in [-0.3, -0.25) is 4.79 Å². The molecule has 1 heterocycles. The van der Waals surface area contributed by atoms with Crippen LogP contribution >= 0.6 is 15.9 Å². The Bertz CT molecular complexity index is 299. The average molecular weight is 331 g/mol. The maximum absolute atomic E-state index is 12.5. The fourth-order valence-electron chi connectivity index (χ4n) is 3.70. The van der Waals surface area contributed by atoms with Crippen molar-refractivity contribution in [3.63, 3.8) is 0 Å². The highest BCUT2D eigenvalue weighted by molar-refractivity contribution is 9.09. The lowest BCUT2D eigenvalue weighted by Crippen LogP contribution is -3.17. The molecule has 2 fully saturated rings. The minimum Gasteiger partial charge on any atom is -0.326 e. The molecule has 0 bridgehead atoms. The van der Waals surface area contributed by atoms with Crippen molar-refractivity contribution in [2.45, 2.75) is 69.7 Å². The van der Waals surface area contributed by atoms with Crippen molar-refractivity contribution >= 4 is 21.7 Å². The molecular formula is C16H29BrNO+. The highest BCUT2D eigenvalue weighted by atomic mass is 79.9. The van der Waals surface area contributed by atoms with Crippen molar-refractivity contribution in [1.82, 2.24) is 0 Å². The first-order valence-corrected chi connectivity index (χ1v) is 9.03. The van der Waals surface area contributed by atoms with E-state index in [0.717, 1.165) is 25.3 Å². The number of carbonyl (C=O) groups is 1. The highest BCUT2D eigenvalue weighted by Gasteiger charge is 2.32. The quantitative estimate of drug-likeness (QED) is 0.786. The topological polar surface area (TPSA) is 21.5 Å². The maximum atomic E-state index is 12.5. The number of hydrogen-bond donors (Lipinski definition) is 1. The molecular weight excluding hydrogens is 302 g/mol. The molecule has 1 saturated heterocycles. The van der Waals surface area contributed by atoms with Crippen molar-refractivity contribution in [1.29, 1.82) is 0 Å². The van der Waals surface area contributed by atoms with E-state index >= 15 is 0 Å². The predicted molar refractivity (Wildman–Crippen MR) is 82.9 cm³/mol. The Morgan fingerprint density at radius 2 is 1.84 bits per heavy atom. The van der Waals surface area contributed by atoms with Crippen molar-refractivity contribution < 1.29 is 9.69 Å². The Hall–Kier alpha value is 0.110. The van der Waals surface area contributed by atoms with E-state index in [0.29, 0.717) is 22.6 Å². The molecule has 0 amide bonds. The summed E-state index contributed by atoms with van der Waals surface area (Å²) in [6.07, 6.45) is 8.51. The number of piperidine rings is 1. The Balaban J connectivity index is 1.83. The zero-order chi connectivity index (χ0) is 13.8. The molecule has 1 aliphatic carbocycles. The lowest BCUT2D eigenvalue weighted by molar-refractivity contribution is -0.924. The molecule has 2 rings (SSSR count). The summed E-state index contributed by atoms with van der Waals surface area (Å²) in [5.41, 5.74) is 0. The van der Waals surface area contributed by atoms with Gasteiger partial charge < -0.3 is 4.90 Å². The summed E-state index contributed by atoms with van der Waals surface area (Å²) < 4.78 is 0. The zero-order valence-electron chi connectivity index (χ0n) is 12.5. The number of alkyl halides is 1. The van der Waals surface area contributed by atoms with E-state index in [1.54, 1.807) is 4.90 Å². The molecule has 2 aliphatic rings. The van der Waals surface area contributed by atoms with E-state index in [1.165, 1.54) is 38.6 Å². The molecule has 2 nitrogen and oxygen atoms in total. The Labute approximate surface area is 126 Å². The Morgan fingerprint density at radius 1 is 1.16 bits per heavy atom. The first-order valence-electron chi connectivity index (χ1n) is 8.11. The molecule has 3 heteroatoms. The van der Waals surface area contributed by atoms with Crippen molar-refractivity contribution in [2.24, 2.45) is 11.8 Å². The molecule has 0 aromatic carbocycles. The van der Waals surface area contributed by atoms with Gasteiger partial charge in [0.05, 0.1) is 12.6 Å². The molecule has 1 saturated carbocycles. The number of halogens is 1. The minimum atomic E-state index is 0.357. The summed E-state index contributed by atoms with van der Waals surface area (Å²) in [7, 11) is 0. The smallest absolute Gasteiger partial charge is 0.189 e. The maximum Gasteiger partial charge on any atom is 0.189 e. The third kappa shape index (κ3) is 4.29. The summed E-state index contributed by atoms with van der Waals surface area (Å²) in [4.78, 5) is 14.7. The molecule has 0 radical (unpaired) electrons. The summed E-state index contributed by atoms with van der Waals surface area (Å²) >= 11 is 3.67. The molecule has 110 valence electrons. The highest BCUT2D eigenvalue weighted by Crippen LogP contribution is 2.29. The van der Waals surface area contributed by atoms with Crippen LogP contribution in [-0.4, -0.2) is 29.7 Å². The standard InChI is InChI=1S/C16H28BrNO/c1-3-13-5-4-12(2)18(10-13)11-16(19)14-6-8-15(17)9-7-14/h12-15H,3-11H2,1-2H3/p+1. The van der Waals surface area contributed by atoms with Crippen LogP contribution in [0.4, 0.5) is 0 Å². The van der Waals surface area contributed by atoms with Gasteiger partial charge in [0.15, 0.2) is 5.78 Å². The van der Waals surface area contributed by atoms with E-state index < -0.39 is 0 Å². The lowest BCUT2D eigenvalue weighted by atomic mass is 9.85. The van der Waals surface area contributed by atoms with E-state index in [9.17, 15) is 4.79 Å². The van der Waals surface area contributed by atoms with Gasteiger partial charge in [-0.25, -0.2) is 0 Å². The largest absolute Gasteiger partial charge is 0.326 e. The monoisotopic (exact) mass is 330 g/mol. The van der Waals surface area contributed by atoms with Crippen LogP contribution in [0.2, 0.25) is 0 Å². The Kier molecular flexibility index (Phi) is 5.88. The van der Waals surface area contributed by atoms with Crippen LogP contribution in [0, 0.1) is 11.8 Å². The first-order chi connectivity index (χ1) is 9.10. The van der Waals surface area contributed by atoms with Gasteiger partial charge in [-0.1, -0.05) is 22.9 Å². The van der Waals surface area contributed by atoms with E-state index in [-0.39, 0.29) is 0 Å². The van der Waals surface area contributed by atoms with Gasteiger partial charge >= 0.3 is 0 Å². The van der Waals surface area contributed by atoms with Crippen molar-refractivity contribution in [3.05, 3.63) is 0 Å². The molecule has 19 heavy (non-hydrogen) atoms. The van der Waals surface area contributed by atoms with Crippen LogP contribution < -0.4 is 4.90 Å². The van der Waals surface area contributed by atoms with E-state index in [1.807, 2.05) is 0 Å². The number of nitrogens with one attached hydrogen (secondary N) is 1. The van der Waals surface area contributed by atoms with Crippen molar-refractivity contribution in [3.8, 4) is 0 Å². The molecule has 0 aromatic heterocycles. The fraction of sp³-hybridized carbons (Fsp3) is 0.938. The van der Waals surface area contributed by atoms with Gasteiger partial charge in [-0.2, -0.15) is 0 Å². The summed E-state index contributed by atoms with van der Waals surface area (Å²) in [6, 6.07) is 0.680. The number of likely N-dealkylation sites (tertiary alicyclic amines) is 1. The molecule has 1 aliphatic heterocycles. The first kappa shape index (κ1) is 15.5. The second kappa shape index (κ2) is 7.21. The van der Waals surface area contributed by atoms with Crippen LogP contribution in [0.5, 0.6) is 0 Å². The van der Waals surface area contributed by atoms with E-state index in [2.05, 4.69) is 29.8 Å². The second-order valence-electron chi connectivity index (χ2n) is 6.71. The van der Waals surface area contributed by atoms with Gasteiger partial charge in [0.25, 0.3) is 0 Å². The van der Waals surface area contributed by atoms with Gasteiger partial charge in [0.2, 0.25) is 0 Å². The van der Waals surface area contributed by atoms with Crippen LogP contribution in [-0.2, 0) is 4.79 Å². The average Bonchev–Trinajstić information content (AvgIpc) is 2.42.